The van der Waals surface area contributed by atoms with Gasteiger partial charge in [-0.15, -0.1) is 0 Å². The quantitative estimate of drug-likeness (QED) is 0.724. The molecule has 4 N–H and O–H groups in total. The Morgan fingerprint density at radius 3 is 2.82 bits per heavy atom. The summed E-state index contributed by atoms with van der Waals surface area (Å²) in [6, 6.07) is 4.16. The van der Waals surface area contributed by atoms with Crippen molar-refractivity contribution in [3.63, 3.8) is 0 Å². The standard InChI is InChI=1S/C12H17ClN2O2/c1-3-7(2)10(14)12(17)15-9-6-4-5-8(13)11(9)16/h4-7,10,16H,3,14H2,1-2H3,(H,15,17). The van der Waals surface area contributed by atoms with Crippen LogP contribution in [0.15, 0.2) is 18.2 Å². The van der Waals surface area contributed by atoms with E-state index in [0.717, 1.165) is 6.42 Å². The molecule has 0 aromatic heterocycles. The zero-order valence-corrected chi connectivity index (χ0v) is 10.7. The van der Waals surface area contributed by atoms with Crippen LogP contribution in [0.1, 0.15) is 20.3 Å². The van der Waals surface area contributed by atoms with Gasteiger partial charge >= 0.3 is 0 Å². The third-order valence-corrected chi connectivity index (χ3v) is 3.11. The van der Waals surface area contributed by atoms with E-state index in [0.29, 0.717) is 0 Å². The Morgan fingerprint density at radius 2 is 2.24 bits per heavy atom. The van der Waals surface area contributed by atoms with Crippen molar-refractivity contribution in [2.75, 3.05) is 5.32 Å². The third kappa shape index (κ3) is 3.35. The summed E-state index contributed by atoms with van der Waals surface area (Å²) in [6.07, 6.45) is 0.816. The number of carbonyl (C=O) groups excluding carboxylic acids is 1. The van der Waals surface area contributed by atoms with E-state index in [9.17, 15) is 9.90 Å². The van der Waals surface area contributed by atoms with Crippen molar-refractivity contribution in [1.82, 2.24) is 0 Å². The smallest absolute Gasteiger partial charge is 0.241 e. The minimum Gasteiger partial charge on any atom is -0.504 e. The second kappa shape index (κ2) is 5.89. The molecule has 94 valence electrons. The molecule has 0 aliphatic carbocycles. The molecule has 1 aromatic carbocycles. The number of carbonyl (C=O) groups is 1. The number of benzene rings is 1. The molecule has 0 radical (unpaired) electrons. The van der Waals surface area contributed by atoms with Crippen molar-refractivity contribution < 1.29 is 9.90 Å². The van der Waals surface area contributed by atoms with E-state index >= 15 is 0 Å². The van der Waals surface area contributed by atoms with Crippen LogP contribution >= 0.6 is 11.6 Å². The number of phenolic OH excluding ortho intramolecular Hbond substituents is 1. The van der Waals surface area contributed by atoms with Gasteiger partial charge in [0.2, 0.25) is 5.91 Å². The summed E-state index contributed by atoms with van der Waals surface area (Å²) in [6.45, 7) is 3.87. The van der Waals surface area contributed by atoms with Gasteiger partial charge in [0, 0.05) is 0 Å². The Hall–Kier alpha value is -1.26. The summed E-state index contributed by atoms with van der Waals surface area (Å²) in [7, 11) is 0. The number of para-hydroxylation sites is 1. The van der Waals surface area contributed by atoms with E-state index in [4.69, 9.17) is 17.3 Å². The maximum absolute atomic E-state index is 11.8. The highest BCUT2D eigenvalue weighted by molar-refractivity contribution is 6.32. The Bertz CT molecular complexity index is 409. The minimum absolute atomic E-state index is 0.0799. The first kappa shape index (κ1) is 13.8. The van der Waals surface area contributed by atoms with Gasteiger partial charge in [0.05, 0.1) is 16.8 Å². The number of rotatable bonds is 4. The van der Waals surface area contributed by atoms with Crippen LogP contribution in [-0.4, -0.2) is 17.1 Å². The summed E-state index contributed by atoms with van der Waals surface area (Å²) in [5, 5.41) is 12.4. The first-order chi connectivity index (χ1) is 7.97. The van der Waals surface area contributed by atoms with Crippen molar-refractivity contribution in [2.24, 2.45) is 11.7 Å². The molecule has 0 aliphatic rings. The van der Waals surface area contributed by atoms with E-state index < -0.39 is 6.04 Å². The fraction of sp³-hybridized carbons (Fsp3) is 0.417. The molecule has 1 aromatic rings. The zero-order valence-electron chi connectivity index (χ0n) is 9.90. The van der Waals surface area contributed by atoms with Crippen LogP contribution in [-0.2, 0) is 4.79 Å². The fourth-order valence-corrected chi connectivity index (χ4v) is 1.52. The number of anilines is 1. The van der Waals surface area contributed by atoms with Crippen LogP contribution in [0.25, 0.3) is 0 Å². The first-order valence-electron chi connectivity index (χ1n) is 5.51. The molecule has 2 unspecified atom stereocenters. The predicted octanol–water partition coefficient (Wildman–Crippen LogP) is 2.36. The molecule has 0 saturated heterocycles. The number of nitrogens with two attached hydrogens (primary N) is 1. The number of hydrogen-bond donors (Lipinski definition) is 3. The average Bonchev–Trinajstić information content (AvgIpc) is 2.32. The number of halogens is 1. The van der Waals surface area contributed by atoms with Gasteiger partial charge < -0.3 is 16.2 Å². The lowest BCUT2D eigenvalue weighted by atomic mass is 9.99. The zero-order chi connectivity index (χ0) is 13.0. The molecule has 4 nitrogen and oxygen atoms in total. The van der Waals surface area contributed by atoms with Gasteiger partial charge in [-0.2, -0.15) is 0 Å². The summed E-state index contributed by atoms with van der Waals surface area (Å²) in [4.78, 5) is 11.8. The lowest BCUT2D eigenvalue weighted by Gasteiger charge is -2.18. The highest BCUT2D eigenvalue weighted by Gasteiger charge is 2.20. The van der Waals surface area contributed by atoms with E-state index in [-0.39, 0.29) is 28.3 Å². The van der Waals surface area contributed by atoms with Crippen molar-refractivity contribution in [3.05, 3.63) is 23.2 Å². The number of amides is 1. The normalized spacial score (nSPS) is 14.1. The fourth-order valence-electron chi connectivity index (χ4n) is 1.34. The largest absolute Gasteiger partial charge is 0.504 e. The SMILES string of the molecule is CCC(C)C(N)C(=O)Nc1cccc(Cl)c1O. The molecular formula is C12H17ClN2O2. The molecule has 5 heteroatoms. The van der Waals surface area contributed by atoms with Crippen LogP contribution in [0.2, 0.25) is 5.02 Å². The molecule has 0 fully saturated rings. The van der Waals surface area contributed by atoms with Crippen LogP contribution in [0.5, 0.6) is 5.75 Å². The molecule has 1 amide bonds. The monoisotopic (exact) mass is 256 g/mol. The molecule has 0 spiro atoms. The van der Waals surface area contributed by atoms with Crippen molar-refractivity contribution >= 4 is 23.2 Å². The average molecular weight is 257 g/mol. The molecule has 0 heterocycles. The van der Waals surface area contributed by atoms with Gasteiger partial charge in [0.25, 0.3) is 0 Å². The van der Waals surface area contributed by atoms with Gasteiger partial charge in [-0.25, -0.2) is 0 Å². The molecular weight excluding hydrogens is 240 g/mol. The minimum atomic E-state index is -0.599. The van der Waals surface area contributed by atoms with Crippen LogP contribution in [0, 0.1) is 5.92 Å². The maximum atomic E-state index is 11.8. The lowest BCUT2D eigenvalue weighted by Crippen LogP contribution is -2.40. The third-order valence-electron chi connectivity index (χ3n) is 2.80. The summed E-state index contributed by atoms with van der Waals surface area (Å²) in [5.41, 5.74) is 6.06. The van der Waals surface area contributed by atoms with Crippen molar-refractivity contribution in [3.8, 4) is 5.75 Å². The van der Waals surface area contributed by atoms with Crippen LogP contribution in [0.4, 0.5) is 5.69 Å². The summed E-state index contributed by atoms with van der Waals surface area (Å²) >= 11 is 5.73. The Balaban J connectivity index is 2.78. The highest BCUT2D eigenvalue weighted by atomic mass is 35.5. The van der Waals surface area contributed by atoms with Gasteiger partial charge in [-0.1, -0.05) is 37.9 Å². The van der Waals surface area contributed by atoms with E-state index in [2.05, 4.69) is 5.32 Å². The highest BCUT2D eigenvalue weighted by Crippen LogP contribution is 2.31. The maximum Gasteiger partial charge on any atom is 0.241 e. The topological polar surface area (TPSA) is 75.4 Å². The Labute approximate surface area is 106 Å². The molecule has 0 bridgehead atoms. The first-order valence-corrected chi connectivity index (χ1v) is 5.89. The predicted molar refractivity (Wildman–Crippen MR) is 69.2 cm³/mol. The number of nitrogens with one attached hydrogen (secondary N) is 1. The van der Waals surface area contributed by atoms with Crippen LogP contribution < -0.4 is 11.1 Å². The van der Waals surface area contributed by atoms with Gasteiger partial charge in [0.15, 0.2) is 5.75 Å². The molecule has 1 rings (SSSR count). The van der Waals surface area contributed by atoms with Gasteiger partial charge in [-0.05, 0) is 18.1 Å². The lowest BCUT2D eigenvalue weighted by molar-refractivity contribution is -0.118. The number of phenols is 1. The molecule has 17 heavy (non-hydrogen) atoms. The van der Waals surface area contributed by atoms with E-state index in [1.807, 2.05) is 13.8 Å². The second-order valence-electron chi connectivity index (χ2n) is 4.04. The number of aromatic hydroxyl groups is 1. The molecule has 2 atom stereocenters. The summed E-state index contributed by atoms with van der Waals surface area (Å²) in [5.74, 6) is -0.382. The Kier molecular flexibility index (Phi) is 4.78. The van der Waals surface area contributed by atoms with Gasteiger partial charge in [-0.3, -0.25) is 4.79 Å². The van der Waals surface area contributed by atoms with Crippen molar-refractivity contribution in [2.45, 2.75) is 26.3 Å². The Morgan fingerprint density at radius 1 is 1.59 bits per heavy atom. The van der Waals surface area contributed by atoms with Crippen LogP contribution in [0.3, 0.4) is 0 Å². The molecule has 0 aliphatic heterocycles. The second-order valence-corrected chi connectivity index (χ2v) is 4.44. The molecule has 0 saturated carbocycles. The summed E-state index contributed by atoms with van der Waals surface area (Å²) < 4.78 is 0. The van der Waals surface area contributed by atoms with Crippen molar-refractivity contribution in [1.29, 1.82) is 0 Å². The number of hydrogen-bond acceptors (Lipinski definition) is 3. The van der Waals surface area contributed by atoms with E-state index in [1.54, 1.807) is 18.2 Å². The van der Waals surface area contributed by atoms with E-state index in [1.165, 1.54) is 0 Å². The van der Waals surface area contributed by atoms with Gasteiger partial charge in [0.1, 0.15) is 0 Å².